The number of rotatable bonds is 6. The normalized spacial score (nSPS) is 10.6. The second-order valence-electron chi connectivity index (χ2n) is 4.02. The van der Waals surface area contributed by atoms with Crippen molar-refractivity contribution >= 4 is 11.0 Å². The van der Waals surface area contributed by atoms with Gasteiger partial charge in [0.05, 0.1) is 19.8 Å². The molecular formula is C15H18O5. The molecule has 0 aliphatic carbocycles. The molecule has 0 bridgehead atoms. The van der Waals surface area contributed by atoms with Crippen LogP contribution in [0.15, 0.2) is 27.6 Å². The highest BCUT2D eigenvalue weighted by Gasteiger charge is 2.15. The van der Waals surface area contributed by atoms with Gasteiger partial charge < -0.3 is 18.6 Å². The standard InChI is InChI=1S/C15H18O5/c1-4-17-10-7-11(18-5-2)14-12(8-10)20-9-13(15(14)16)19-6-3/h7-9H,4-6H2,1-3H3. The van der Waals surface area contributed by atoms with E-state index in [0.717, 1.165) is 0 Å². The van der Waals surface area contributed by atoms with Crippen molar-refractivity contribution in [2.75, 3.05) is 19.8 Å². The van der Waals surface area contributed by atoms with Crippen molar-refractivity contribution in [2.24, 2.45) is 0 Å². The Morgan fingerprint density at radius 3 is 2.25 bits per heavy atom. The highest BCUT2D eigenvalue weighted by Crippen LogP contribution is 2.30. The third kappa shape index (κ3) is 2.71. The molecule has 0 aliphatic heterocycles. The van der Waals surface area contributed by atoms with Crippen molar-refractivity contribution in [1.82, 2.24) is 0 Å². The number of fused-ring (bicyclic) bond motifs is 1. The predicted octanol–water partition coefficient (Wildman–Crippen LogP) is 2.99. The summed E-state index contributed by atoms with van der Waals surface area (Å²) in [7, 11) is 0. The quantitative estimate of drug-likeness (QED) is 0.813. The van der Waals surface area contributed by atoms with Crippen LogP contribution in [0.4, 0.5) is 0 Å². The lowest BCUT2D eigenvalue weighted by Crippen LogP contribution is -2.09. The molecule has 0 saturated carbocycles. The van der Waals surface area contributed by atoms with Crippen molar-refractivity contribution in [3.8, 4) is 17.2 Å². The molecule has 2 rings (SSSR count). The van der Waals surface area contributed by atoms with Gasteiger partial charge in [0, 0.05) is 12.1 Å². The van der Waals surface area contributed by atoms with E-state index in [0.29, 0.717) is 42.3 Å². The monoisotopic (exact) mass is 278 g/mol. The van der Waals surface area contributed by atoms with Gasteiger partial charge in [0.2, 0.25) is 11.2 Å². The molecule has 0 unspecified atom stereocenters. The second-order valence-corrected chi connectivity index (χ2v) is 4.02. The molecule has 0 fully saturated rings. The van der Waals surface area contributed by atoms with E-state index in [1.807, 2.05) is 20.8 Å². The summed E-state index contributed by atoms with van der Waals surface area (Å²) in [5, 5.41) is 0.376. The van der Waals surface area contributed by atoms with Crippen LogP contribution in [-0.2, 0) is 0 Å². The van der Waals surface area contributed by atoms with E-state index in [1.54, 1.807) is 12.1 Å². The molecule has 0 aliphatic rings. The van der Waals surface area contributed by atoms with Crippen LogP contribution in [0.3, 0.4) is 0 Å². The van der Waals surface area contributed by atoms with E-state index >= 15 is 0 Å². The molecule has 1 aromatic heterocycles. The van der Waals surface area contributed by atoms with Crippen LogP contribution in [-0.4, -0.2) is 19.8 Å². The zero-order valence-electron chi connectivity index (χ0n) is 11.9. The van der Waals surface area contributed by atoms with Crippen LogP contribution in [0.25, 0.3) is 11.0 Å². The fraction of sp³-hybridized carbons (Fsp3) is 0.400. The van der Waals surface area contributed by atoms with Crippen molar-refractivity contribution in [3.63, 3.8) is 0 Å². The SMILES string of the molecule is CCOc1cc(OCC)c2c(=O)c(OCC)coc2c1. The zero-order chi connectivity index (χ0) is 14.5. The fourth-order valence-corrected chi connectivity index (χ4v) is 1.95. The minimum Gasteiger partial charge on any atom is -0.494 e. The first kappa shape index (κ1) is 14.2. The van der Waals surface area contributed by atoms with Crippen LogP contribution in [0.1, 0.15) is 20.8 Å². The van der Waals surface area contributed by atoms with Gasteiger partial charge in [-0.15, -0.1) is 0 Å². The van der Waals surface area contributed by atoms with Gasteiger partial charge in [0.15, 0.2) is 0 Å². The summed E-state index contributed by atoms with van der Waals surface area (Å²) in [5.74, 6) is 1.24. The smallest absolute Gasteiger partial charge is 0.238 e. The molecule has 20 heavy (non-hydrogen) atoms. The van der Waals surface area contributed by atoms with Crippen LogP contribution < -0.4 is 19.6 Å². The Balaban J connectivity index is 2.66. The number of hydrogen-bond donors (Lipinski definition) is 0. The van der Waals surface area contributed by atoms with Gasteiger partial charge in [-0.25, -0.2) is 0 Å². The molecule has 2 aromatic rings. The van der Waals surface area contributed by atoms with Gasteiger partial charge in [0.25, 0.3) is 0 Å². The van der Waals surface area contributed by atoms with Gasteiger partial charge in [-0.1, -0.05) is 0 Å². The average Bonchev–Trinajstić information content (AvgIpc) is 2.42. The molecule has 5 nitrogen and oxygen atoms in total. The second kappa shape index (κ2) is 6.32. The van der Waals surface area contributed by atoms with Gasteiger partial charge >= 0.3 is 0 Å². The summed E-state index contributed by atoms with van der Waals surface area (Å²) in [6.07, 6.45) is 1.32. The lowest BCUT2D eigenvalue weighted by molar-refractivity contribution is 0.319. The minimum absolute atomic E-state index is 0.185. The van der Waals surface area contributed by atoms with Gasteiger partial charge in [-0.2, -0.15) is 0 Å². The molecule has 5 heteroatoms. The van der Waals surface area contributed by atoms with Crippen LogP contribution in [0, 0.1) is 0 Å². The molecule has 0 saturated heterocycles. The third-order valence-corrected chi connectivity index (χ3v) is 2.69. The van der Waals surface area contributed by atoms with E-state index in [2.05, 4.69) is 0 Å². The van der Waals surface area contributed by atoms with Crippen molar-refractivity contribution in [3.05, 3.63) is 28.6 Å². The molecular weight excluding hydrogens is 260 g/mol. The van der Waals surface area contributed by atoms with Crippen LogP contribution >= 0.6 is 0 Å². The molecule has 1 aromatic carbocycles. The molecule has 0 spiro atoms. The largest absolute Gasteiger partial charge is 0.494 e. The predicted molar refractivity (Wildman–Crippen MR) is 76.0 cm³/mol. The Labute approximate surface area is 117 Å². The number of ether oxygens (including phenoxy) is 3. The Kier molecular flexibility index (Phi) is 4.50. The highest BCUT2D eigenvalue weighted by atomic mass is 16.5. The number of benzene rings is 1. The molecule has 0 amide bonds. The van der Waals surface area contributed by atoms with E-state index in [1.165, 1.54) is 6.26 Å². The topological polar surface area (TPSA) is 57.9 Å². The maximum absolute atomic E-state index is 12.4. The summed E-state index contributed by atoms with van der Waals surface area (Å²) < 4.78 is 21.7. The lowest BCUT2D eigenvalue weighted by atomic mass is 10.2. The first-order valence-electron chi connectivity index (χ1n) is 6.69. The fourth-order valence-electron chi connectivity index (χ4n) is 1.95. The van der Waals surface area contributed by atoms with E-state index in [4.69, 9.17) is 18.6 Å². The third-order valence-electron chi connectivity index (χ3n) is 2.69. The molecule has 0 radical (unpaired) electrons. The van der Waals surface area contributed by atoms with Crippen molar-refractivity contribution in [2.45, 2.75) is 20.8 Å². The summed E-state index contributed by atoms with van der Waals surface area (Å²) >= 11 is 0. The molecule has 1 heterocycles. The van der Waals surface area contributed by atoms with Crippen molar-refractivity contribution < 1.29 is 18.6 Å². The zero-order valence-corrected chi connectivity index (χ0v) is 11.9. The first-order chi connectivity index (χ1) is 9.71. The molecule has 108 valence electrons. The summed E-state index contributed by atoms with van der Waals surface area (Å²) in [5.41, 5.74) is 0.187. The van der Waals surface area contributed by atoms with Crippen LogP contribution in [0.5, 0.6) is 17.2 Å². The van der Waals surface area contributed by atoms with Crippen molar-refractivity contribution in [1.29, 1.82) is 0 Å². The Morgan fingerprint density at radius 1 is 0.950 bits per heavy atom. The summed E-state index contributed by atoms with van der Waals surface area (Å²) in [4.78, 5) is 12.4. The Morgan fingerprint density at radius 2 is 1.60 bits per heavy atom. The number of hydrogen-bond acceptors (Lipinski definition) is 5. The van der Waals surface area contributed by atoms with E-state index in [9.17, 15) is 4.79 Å². The van der Waals surface area contributed by atoms with Gasteiger partial charge in [-0.3, -0.25) is 4.79 Å². The van der Waals surface area contributed by atoms with E-state index in [-0.39, 0.29) is 11.2 Å². The highest BCUT2D eigenvalue weighted by molar-refractivity contribution is 5.86. The Hall–Kier alpha value is -2.17. The van der Waals surface area contributed by atoms with E-state index < -0.39 is 0 Å². The van der Waals surface area contributed by atoms with Gasteiger partial charge in [-0.05, 0) is 20.8 Å². The maximum atomic E-state index is 12.4. The Bertz CT molecular complexity index is 644. The average molecular weight is 278 g/mol. The molecule has 0 N–H and O–H groups in total. The molecule has 0 atom stereocenters. The van der Waals surface area contributed by atoms with Crippen LogP contribution in [0.2, 0.25) is 0 Å². The van der Waals surface area contributed by atoms with Gasteiger partial charge in [0.1, 0.15) is 28.7 Å². The lowest BCUT2D eigenvalue weighted by Gasteiger charge is -2.11. The first-order valence-corrected chi connectivity index (χ1v) is 6.69. The summed E-state index contributed by atoms with van der Waals surface area (Å²) in [6, 6.07) is 3.38. The minimum atomic E-state index is -0.236. The maximum Gasteiger partial charge on any atom is 0.238 e. The summed E-state index contributed by atoms with van der Waals surface area (Å²) in [6.45, 7) is 6.93.